The molecule has 0 aromatic heterocycles. The van der Waals surface area contributed by atoms with Crippen molar-refractivity contribution in [2.45, 2.75) is 52.4 Å². The van der Waals surface area contributed by atoms with Gasteiger partial charge >= 0.3 is 12.1 Å². The topological polar surface area (TPSA) is 86.6 Å². The number of amides is 1. The van der Waals surface area contributed by atoms with Gasteiger partial charge in [0.1, 0.15) is 0 Å². The molecule has 0 aliphatic carbocycles. The minimum absolute atomic E-state index is 0.00214. The molecule has 0 aliphatic heterocycles. The quantitative estimate of drug-likeness (QED) is 0.593. The van der Waals surface area contributed by atoms with Gasteiger partial charge in [-0.25, -0.2) is 4.79 Å². The first-order valence-electron chi connectivity index (χ1n) is 9.68. The van der Waals surface area contributed by atoms with Gasteiger partial charge in [-0.3, -0.25) is 4.79 Å². The molecular weight excluding hydrogens is 411 g/mol. The van der Waals surface area contributed by atoms with E-state index >= 15 is 0 Å². The van der Waals surface area contributed by atoms with Crippen molar-refractivity contribution >= 4 is 11.9 Å². The number of carboxylic acids is 1. The minimum atomic E-state index is -4.30. The number of benzene rings is 2. The Balaban J connectivity index is 0.000000343. The fourth-order valence-corrected chi connectivity index (χ4v) is 2.67. The molecule has 0 heterocycles. The number of hydrogen-bond acceptors (Lipinski definition) is 3. The number of aromatic carboxylic acids is 1. The van der Waals surface area contributed by atoms with Gasteiger partial charge in [0.15, 0.2) is 0 Å². The van der Waals surface area contributed by atoms with Crippen LogP contribution in [0.1, 0.15) is 61.2 Å². The van der Waals surface area contributed by atoms with Gasteiger partial charge in [-0.05, 0) is 55.2 Å². The third-order valence-electron chi connectivity index (χ3n) is 4.36. The summed E-state index contributed by atoms with van der Waals surface area (Å²) < 4.78 is 35.9. The lowest BCUT2D eigenvalue weighted by Crippen LogP contribution is -2.41. The highest BCUT2D eigenvalue weighted by Crippen LogP contribution is 2.29. The maximum atomic E-state index is 12.0. The fraction of sp³-hybridized carbons (Fsp3) is 0.391. The van der Waals surface area contributed by atoms with E-state index in [1.807, 2.05) is 27.7 Å². The molecule has 0 saturated carbocycles. The van der Waals surface area contributed by atoms with Crippen molar-refractivity contribution in [3.8, 4) is 0 Å². The molecule has 170 valence electrons. The summed E-state index contributed by atoms with van der Waals surface area (Å²) in [6.07, 6.45) is -3.81. The average molecular weight is 439 g/mol. The van der Waals surface area contributed by atoms with Crippen LogP contribution in [0.3, 0.4) is 0 Å². The SMILES string of the molecule is CC(C)CC(=O)NC(C)(C)c1ccc(C(=O)O)cc1.OCc1ccc(C(F)(F)F)cc1. The molecule has 31 heavy (non-hydrogen) atoms. The van der Waals surface area contributed by atoms with Crippen LogP contribution in [0.25, 0.3) is 0 Å². The second kappa shape index (κ2) is 10.9. The lowest BCUT2D eigenvalue weighted by molar-refractivity contribution is -0.137. The summed E-state index contributed by atoms with van der Waals surface area (Å²) in [6.45, 7) is 7.56. The van der Waals surface area contributed by atoms with Gasteiger partial charge in [0, 0.05) is 6.42 Å². The molecule has 0 saturated heterocycles. The molecule has 1 amide bonds. The van der Waals surface area contributed by atoms with Crippen molar-refractivity contribution in [1.29, 1.82) is 0 Å². The number of aliphatic hydroxyl groups excluding tert-OH is 1. The lowest BCUT2D eigenvalue weighted by atomic mass is 9.93. The Morgan fingerprint density at radius 1 is 0.935 bits per heavy atom. The Morgan fingerprint density at radius 3 is 1.81 bits per heavy atom. The molecule has 5 nitrogen and oxygen atoms in total. The Morgan fingerprint density at radius 2 is 1.42 bits per heavy atom. The first kappa shape index (κ1) is 26.2. The molecule has 0 aliphatic rings. The summed E-state index contributed by atoms with van der Waals surface area (Å²) in [5, 5.41) is 20.4. The van der Waals surface area contributed by atoms with E-state index in [-0.39, 0.29) is 18.1 Å². The molecule has 2 aromatic rings. The minimum Gasteiger partial charge on any atom is -0.478 e. The molecule has 0 bridgehead atoms. The Labute approximate surface area is 179 Å². The zero-order chi connectivity index (χ0) is 23.8. The normalized spacial score (nSPS) is 11.5. The first-order chi connectivity index (χ1) is 14.3. The molecule has 2 rings (SSSR count). The van der Waals surface area contributed by atoms with Crippen molar-refractivity contribution in [1.82, 2.24) is 5.32 Å². The second-order valence-corrected chi connectivity index (χ2v) is 8.01. The van der Waals surface area contributed by atoms with E-state index < -0.39 is 23.2 Å². The van der Waals surface area contributed by atoms with E-state index in [0.29, 0.717) is 17.9 Å². The van der Waals surface area contributed by atoms with Crippen LogP contribution in [-0.4, -0.2) is 22.1 Å². The Kier molecular flexibility index (Phi) is 9.24. The van der Waals surface area contributed by atoms with Gasteiger partial charge in [0.05, 0.1) is 23.3 Å². The van der Waals surface area contributed by atoms with Gasteiger partial charge in [-0.1, -0.05) is 38.1 Å². The molecule has 2 aromatic carbocycles. The van der Waals surface area contributed by atoms with Crippen LogP contribution in [0.4, 0.5) is 13.2 Å². The maximum absolute atomic E-state index is 12.0. The number of hydrogen-bond donors (Lipinski definition) is 3. The van der Waals surface area contributed by atoms with Gasteiger partial charge in [0.25, 0.3) is 0 Å². The molecular formula is C23H28F3NO4. The van der Waals surface area contributed by atoms with Crippen LogP contribution in [0.15, 0.2) is 48.5 Å². The number of carboxylic acid groups (broad SMARTS) is 1. The van der Waals surface area contributed by atoms with E-state index in [1.165, 1.54) is 12.1 Å². The third-order valence-corrected chi connectivity index (χ3v) is 4.36. The van der Waals surface area contributed by atoms with Crippen LogP contribution < -0.4 is 5.32 Å². The summed E-state index contributed by atoms with van der Waals surface area (Å²) >= 11 is 0. The second-order valence-electron chi connectivity index (χ2n) is 8.01. The number of aliphatic hydroxyl groups is 1. The number of carbonyl (C=O) groups is 2. The zero-order valence-corrected chi connectivity index (χ0v) is 18.0. The lowest BCUT2D eigenvalue weighted by Gasteiger charge is -2.27. The molecule has 0 unspecified atom stereocenters. The fourth-order valence-electron chi connectivity index (χ4n) is 2.67. The standard InChI is InChI=1S/C15H21NO3.C8H7F3O/c1-10(2)9-13(17)16-15(3,4)12-7-5-11(6-8-12)14(18)19;9-8(10,11)7-3-1-6(5-12)2-4-7/h5-8,10H,9H2,1-4H3,(H,16,17)(H,18,19);1-4,12H,5H2. The molecule has 0 radical (unpaired) electrons. The van der Waals surface area contributed by atoms with Crippen molar-refractivity contribution in [3.05, 3.63) is 70.8 Å². The Bertz CT molecular complexity index is 858. The van der Waals surface area contributed by atoms with Gasteiger partial charge in [-0.2, -0.15) is 13.2 Å². The number of halogens is 3. The first-order valence-corrected chi connectivity index (χ1v) is 9.68. The summed E-state index contributed by atoms with van der Waals surface area (Å²) in [6, 6.07) is 11.0. The van der Waals surface area contributed by atoms with E-state index in [9.17, 15) is 22.8 Å². The van der Waals surface area contributed by atoms with E-state index in [0.717, 1.165) is 17.7 Å². The van der Waals surface area contributed by atoms with Crippen LogP contribution in [0, 0.1) is 5.92 Å². The number of rotatable bonds is 6. The highest BCUT2D eigenvalue weighted by Gasteiger charge is 2.29. The summed E-state index contributed by atoms with van der Waals surface area (Å²) in [4.78, 5) is 22.6. The summed E-state index contributed by atoms with van der Waals surface area (Å²) in [5.74, 6) is -0.638. The van der Waals surface area contributed by atoms with Crippen molar-refractivity contribution in [2.75, 3.05) is 0 Å². The van der Waals surface area contributed by atoms with Crippen molar-refractivity contribution in [3.63, 3.8) is 0 Å². The van der Waals surface area contributed by atoms with Crippen LogP contribution in [-0.2, 0) is 23.1 Å². The highest BCUT2D eigenvalue weighted by molar-refractivity contribution is 5.87. The average Bonchev–Trinajstić information content (AvgIpc) is 2.67. The predicted octanol–water partition coefficient (Wildman–Crippen LogP) is 4.98. The molecule has 3 N–H and O–H groups in total. The summed E-state index contributed by atoms with van der Waals surface area (Å²) in [7, 11) is 0. The molecule has 0 fully saturated rings. The van der Waals surface area contributed by atoms with Gasteiger partial charge in [0.2, 0.25) is 5.91 Å². The molecule has 0 atom stereocenters. The monoisotopic (exact) mass is 439 g/mol. The number of carbonyl (C=O) groups excluding carboxylic acids is 1. The van der Waals surface area contributed by atoms with Gasteiger partial charge < -0.3 is 15.5 Å². The maximum Gasteiger partial charge on any atom is 0.416 e. The van der Waals surface area contributed by atoms with Gasteiger partial charge in [-0.15, -0.1) is 0 Å². The Hall–Kier alpha value is -2.87. The van der Waals surface area contributed by atoms with Crippen molar-refractivity contribution in [2.24, 2.45) is 5.92 Å². The highest BCUT2D eigenvalue weighted by atomic mass is 19.4. The zero-order valence-electron chi connectivity index (χ0n) is 18.0. The third kappa shape index (κ3) is 8.80. The number of nitrogens with one attached hydrogen (secondary N) is 1. The van der Waals surface area contributed by atoms with E-state index in [4.69, 9.17) is 10.2 Å². The van der Waals surface area contributed by atoms with Crippen LogP contribution >= 0.6 is 0 Å². The molecule has 8 heteroatoms. The number of alkyl halides is 3. The van der Waals surface area contributed by atoms with Crippen LogP contribution in [0.5, 0.6) is 0 Å². The van der Waals surface area contributed by atoms with E-state index in [1.54, 1.807) is 24.3 Å². The smallest absolute Gasteiger partial charge is 0.416 e. The largest absolute Gasteiger partial charge is 0.478 e. The molecule has 0 spiro atoms. The van der Waals surface area contributed by atoms with E-state index in [2.05, 4.69) is 5.32 Å². The summed E-state index contributed by atoms with van der Waals surface area (Å²) in [5.41, 5.74) is 0.397. The van der Waals surface area contributed by atoms with Crippen LogP contribution in [0.2, 0.25) is 0 Å². The predicted molar refractivity (Wildman–Crippen MR) is 111 cm³/mol. The van der Waals surface area contributed by atoms with Crippen molar-refractivity contribution < 1.29 is 33.0 Å².